The summed E-state index contributed by atoms with van der Waals surface area (Å²) >= 11 is 0. The van der Waals surface area contributed by atoms with E-state index >= 15 is 0 Å². The molecule has 1 aliphatic rings. The third-order valence-corrected chi connectivity index (χ3v) is 6.16. The fraction of sp³-hybridized carbons (Fsp3) is 0.286. The van der Waals surface area contributed by atoms with Crippen molar-refractivity contribution in [3.63, 3.8) is 0 Å². The number of Topliss-reactive ketones (excluding diaryl/α,β-unsaturated/α-hetero) is 1. The molecule has 3 aromatic rings. The van der Waals surface area contributed by atoms with Crippen LogP contribution in [-0.2, 0) is 9.53 Å². The van der Waals surface area contributed by atoms with Gasteiger partial charge in [0.25, 0.3) is 0 Å². The lowest BCUT2D eigenvalue weighted by molar-refractivity contribution is -0.143. The van der Waals surface area contributed by atoms with Crippen molar-refractivity contribution in [3.8, 4) is 0 Å². The largest absolute Gasteiger partial charge is 0.457 e. The van der Waals surface area contributed by atoms with Crippen molar-refractivity contribution in [1.29, 1.82) is 0 Å². The molecule has 0 N–H and O–H groups in total. The molecule has 0 saturated heterocycles. The third-order valence-electron chi connectivity index (χ3n) is 6.16. The number of rotatable bonds is 7. The maximum Gasteiger partial charge on any atom is 0.318 e. The van der Waals surface area contributed by atoms with Crippen LogP contribution in [0.2, 0.25) is 0 Å². The Morgan fingerprint density at radius 2 is 1.29 bits per heavy atom. The standard InChI is InChI=1S/C28H28O3/c29-26(23-18-16-22(17-19-23)21-10-4-1-5-11-21)20-31-28(30)27(24-12-6-2-7-13-24)25-14-8-3-9-15-25/h2-3,6-9,12-19,21,27H,1,4-5,10-11,20H2. The Morgan fingerprint density at radius 3 is 1.84 bits per heavy atom. The molecule has 0 spiro atoms. The number of esters is 1. The fourth-order valence-electron chi connectivity index (χ4n) is 4.44. The Balaban J connectivity index is 1.42. The first kappa shape index (κ1) is 21.0. The van der Waals surface area contributed by atoms with Gasteiger partial charge >= 0.3 is 5.97 Å². The van der Waals surface area contributed by atoms with E-state index in [1.807, 2.05) is 72.8 Å². The van der Waals surface area contributed by atoms with Gasteiger partial charge in [-0.25, -0.2) is 0 Å². The number of hydrogen-bond acceptors (Lipinski definition) is 3. The minimum Gasteiger partial charge on any atom is -0.457 e. The number of ketones is 1. The summed E-state index contributed by atoms with van der Waals surface area (Å²) in [4.78, 5) is 25.6. The molecule has 1 aliphatic carbocycles. The summed E-state index contributed by atoms with van der Waals surface area (Å²) in [5, 5.41) is 0. The fourth-order valence-corrected chi connectivity index (χ4v) is 4.44. The van der Waals surface area contributed by atoms with Gasteiger partial charge in [-0.15, -0.1) is 0 Å². The zero-order valence-electron chi connectivity index (χ0n) is 17.7. The van der Waals surface area contributed by atoms with E-state index in [2.05, 4.69) is 12.1 Å². The van der Waals surface area contributed by atoms with Crippen molar-refractivity contribution in [2.24, 2.45) is 0 Å². The first-order valence-corrected chi connectivity index (χ1v) is 11.1. The molecule has 0 aromatic heterocycles. The van der Waals surface area contributed by atoms with Gasteiger partial charge in [-0.1, -0.05) is 104 Å². The van der Waals surface area contributed by atoms with Crippen LogP contribution in [0.25, 0.3) is 0 Å². The van der Waals surface area contributed by atoms with E-state index in [1.165, 1.54) is 37.7 Å². The predicted octanol–water partition coefficient (Wildman–Crippen LogP) is 6.29. The van der Waals surface area contributed by atoms with Crippen LogP contribution in [0.1, 0.15) is 71.0 Å². The summed E-state index contributed by atoms with van der Waals surface area (Å²) in [5.41, 5.74) is 3.59. The molecule has 3 nitrogen and oxygen atoms in total. The smallest absolute Gasteiger partial charge is 0.318 e. The molecule has 31 heavy (non-hydrogen) atoms. The maximum absolute atomic E-state index is 13.0. The molecule has 1 saturated carbocycles. The Morgan fingerprint density at radius 1 is 0.742 bits per heavy atom. The second-order valence-corrected chi connectivity index (χ2v) is 8.24. The van der Waals surface area contributed by atoms with Crippen LogP contribution in [0.15, 0.2) is 84.9 Å². The molecule has 1 fully saturated rings. The highest BCUT2D eigenvalue weighted by atomic mass is 16.5. The van der Waals surface area contributed by atoms with Gasteiger partial charge in [0.15, 0.2) is 12.4 Å². The molecule has 0 aliphatic heterocycles. The average Bonchev–Trinajstić information content (AvgIpc) is 2.85. The van der Waals surface area contributed by atoms with Gasteiger partial charge < -0.3 is 4.74 Å². The van der Waals surface area contributed by atoms with Crippen LogP contribution in [-0.4, -0.2) is 18.4 Å². The monoisotopic (exact) mass is 412 g/mol. The van der Waals surface area contributed by atoms with Crippen molar-refractivity contribution in [2.45, 2.75) is 43.9 Å². The molecule has 0 atom stereocenters. The van der Waals surface area contributed by atoms with Crippen molar-refractivity contribution in [1.82, 2.24) is 0 Å². The topological polar surface area (TPSA) is 43.4 Å². The van der Waals surface area contributed by atoms with E-state index in [4.69, 9.17) is 4.74 Å². The van der Waals surface area contributed by atoms with Crippen molar-refractivity contribution in [2.75, 3.05) is 6.61 Å². The number of ether oxygens (including phenoxy) is 1. The number of carbonyl (C=O) groups is 2. The zero-order chi connectivity index (χ0) is 21.5. The highest BCUT2D eigenvalue weighted by Gasteiger charge is 2.25. The van der Waals surface area contributed by atoms with Gasteiger partial charge in [-0.2, -0.15) is 0 Å². The second-order valence-electron chi connectivity index (χ2n) is 8.24. The minimum atomic E-state index is -0.552. The number of benzene rings is 3. The highest BCUT2D eigenvalue weighted by Crippen LogP contribution is 2.32. The Labute approximate surface area is 184 Å². The van der Waals surface area contributed by atoms with Crippen LogP contribution in [0.4, 0.5) is 0 Å². The third kappa shape index (κ3) is 5.29. The molecule has 3 aromatic carbocycles. The minimum absolute atomic E-state index is 0.177. The first-order chi connectivity index (χ1) is 15.2. The summed E-state index contributed by atoms with van der Waals surface area (Å²) in [7, 11) is 0. The van der Waals surface area contributed by atoms with E-state index in [-0.39, 0.29) is 12.4 Å². The van der Waals surface area contributed by atoms with Gasteiger partial charge in [-0.05, 0) is 35.4 Å². The number of carbonyl (C=O) groups excluding carboxylic acids is 2. The lowest BCUT2D eigenvalue weighted by atomic mass is 9.84. The molecule has 3 heteroatoms. The van der Waals surface area contributed by atoms with Gasteiger partial charge in [0.05, 0.1) is 0 Å². The van der Waals surface area contributed by atoms with E-state index in [9.17, 15) is 9.59 Å². The van der Waals surface area contributed by atoms with Gasteiger partial charge in [0, 0.05) is 5.56 Å². The average molecular weight is 413 g/mol. The molecular formula is C28H28O3. The Bertz CT molecular complexity index is 948. The summed E-state index contributed by atoms with van der Waals surface area (Å²) < 4.78 is 5.49. The van der Waals surface area contributed by atoms with E-state index in [0.29, 0.717) is 11.5 Å². The van der Waals surface area contributed by atoms with E-state index < -0.39 is 11.9 Å². The van der Waals surface area contributed by atoms with Crippen LogP contribution in [0.5, 0.6) is 0 Å². The van der Waals surface area contributed by atoms with Gasteiger partial charge in [0.1, 0.15) is 5.92 Å². The molecule has 0 radical (unpaired) electrons. The summed E-state index contributed by atoms with van der Waals surface area (Å²) in [5.74, 6) is -0.537. The maximum atomic E-state index is 13.0. The molecule has 4 rings (SSSR count). The van der Waals surface area contributed by atoms with Crippen molar-refractivity contribution in [3.05, 3.63) is 107 Å². The summed E-state index contributed by atoms with van der Waals surface area (Å²) in [6.45, 7) is -0.252. The highest BCUT2D eigenvalue weighted by molar-refractivity contribution is 5.98. The second kappa shape index (κ2) is 10.2. The van der Waals surface area contributed by atoms with E-state index in [0.717, 1.165) is 11.1 Å². The first-order valence-electron chi connectivity index (χ1n) is 11.1. The van der Waals surface area contributed by atoms with Crippen molar-refractivity contribution < 1.29 is 14.3 Å². The van der Waals surface area contributed by atoms with Crippen LogP contribution in [0.3, 0.4) is 0 Å². The van der Waals surface area contributed by atoms with Crippen molar-refractivity contribution >= 4 is 11.8 Å². The molecule has 0 unspecified atom stereocenters. The predicted molar refractivity (Wildman–Crippen MR) is 122 cm³/mol. The SMILES string of the molecule is O=C(COC(=O)C(c1ccccc1)c1ccccc1)c1ccc(C2CCCCC2)cc1. The van der Waals surface area contributed by atoms with Gasteiger partial charge in [-0.3, -0.25) is 9.59 Å². The van der Waals surface area contributed by atoms with E-state index in [1.54, 1.807) is 0 Å². The van der Waals surface area contributed by atoms with Gasteiger partial charge in [0.2, 0.25) is 0 Å². The summed E-state index contributed by atoms with van der Waals surface area (Å²) in [6, 6.07) is 26.9. The number of hydrogen-bond donors (Lipinski definition) is 0. The molecule has 0 bridgehead atoms. The Kier molecular flexibility index (Phi) is 6.93. The van der Waals surface area contributed by atoms with Crippen LogP contribution in [0, 0.1) is 0 Å². The zero-order valence-corrected chi connectivity index (χ0v) is 17.7. The molecule has 0 amide bonds. The summed E-state index contributed by atoms with van der Waals surface area (Å²) in [6.07, 6.45) is 6.35. The lowest BCUT2D eigenvalue weighted by Crippen LogP contribution is -2.21. The normalized spacial score (nSPS) is 14.4. The molecular weight excluding hydrogens is 384 g/mol. The quantitative estimate of drug-likeness (QED) is 0.338. The van der Waals surface area contributed by atoms with Crippen LogP contribution >= 0.6 is 0 Å². The molecule has 158 valence electrons. The Hall–Kier alpha value is -3.20. The molecule has 0 heterocycles. The van der Waals surface area contributed by atoms with Crippen LogP contribution < -0.4 is 0 Å². The lowest BCUT2D eigenvalue weighted by Gasteiger charge is -2.22.